The summed E-state index contributed by atoms with van der Waals surface area (Å²) in [5.74, 6) is -1.13. The lowest BCUT2D eigenvalue weighted by molar-refractivity contribution is 0.158. The molecule has 1 saturated heterocycles. The second-order valence-corrected chi connectivity index (χ2v) is 4.59. The first-order chi connectivity index (χ1) is 8.59. The maximum Gasteiger partial charge on any atom is 0.315 e. The molecule has 18 heavy (non-hydrogen) atoms. The van der Waals surface area contributed by atoms with Crippen molar-refractivity contribution in [2.45, 2.75) is 31.7 Å². The average molecular weight is 254 g/mol. The Bertz CT molecular complexity index is 430. The largest absolute Gasteiger partial charge is 0.351 e. The third-order valence-corrected chi connectivity index (χ3v) is 3.41. The maximum atomic E-state index is 13.6. The van der Waals surface area contributed by atoms with Crippen molar-refractivity contribution < 1.29 is 13.6 Å². The van der Waals surface area contributed by atoms with Crippen molar-refractivity contribution in [1.82, 2.24) is 4.90 Å². The molecule has 3 nitrogen and oxygen atoms in total. The lowest BCUT2D eigenvalue weighted by Crippen LogP contribution is -2.47. The van der Waals surface area contributed by atoms with Crippen molar-refractivity contribution in [2.75, 3.05) is 6.54 Å². The van der Waals surface area contributed by atoms with Crippen LogP contribution < -0.4 is 5.73 Å². The first kappa shape index (κ1) is 12.8. The predicted molar refractivity (Wildman–Crippen MR) is 64.0 cm³/mol. The number of benzene rings is 1. The van der Waals surface area contributed by atoms with Crippen LogP contribution in [0.4, 0.5) is 13.6 Å². The van der Waals surface area contributed by atoms with Crippen LogP contribution in [0.25, 0.3) is 0 Å². The van der Waals surface area contributed by atoms with E-state index in [1.54, 1.807) is 0 Å². The molecule has 0 saturated carbocycles. The molecule has 1 aromatic rings. The molecule has 0 bridgehead atoms. The molecule has 2 N–H and O–H groups in total. The molecule has 5 heteroatoms. The number of hydrogen-bond acceptors (Lipinski definition) is 1. The van der Waals surface area contributed by atoms with E-state index in [9.17, 15) is 13.6 Å². The number of carbonyl (C=O) groups excluding carboxylic acids is 1. The molecule has 0 aliphatic carbocycles. The Labute approximate surface area is 105 Å². The molecule has 2 rings (SSSR count). The van der Waals surface area contributed by atoms with Gasteiger partial charge in [0.05, 0.1) is 0 Å². The van der Waals surface area contributed by atoms with Gasteiger partial charge < -0.3 is 10.6 Å². The van der Waals surface area contributed by atoms with Crippen LogP contribution in [0.15, 0.2) is 18.2 Å². The second kappa shape index (κ2) is 5.33. The second-order valence-electron chi connectivity index (χ2n) is 4.59. The van der Waals surface area contributed by atoms with Gasteiger partial charge in [-0.15, -0.1) is 0 Å². The van der Waals surface area contributed by atoms with Gasteiger partial charge in [0.25, 0.3) is 0 Å². The van der Waals surface area contributed by atoms with E-state index >= 15 is 0 Å². The number of rotatable bonds is 2. The van der Waals surface area contributed by atoms with E-state index in [0.29, 0.717) is 6.54 Å². The van der Waals surface area contributed by atoms with Crippen LogP contribution in [0.3, 0.4) is 0 Å². The Morgan fingerprint density at radius 1 is 1.33 bits per heavy atom. The molecular weight excluding hydrogens is 238 g/mol. The van der Waals surface area contributed by atoms with Crippen molar-refractivity contribution in [3.63, 3.8) is 0 Å². The highest BCUT2D eigenvalue weighted by molar-refractivity contribution is 5.72. The van der Waals surface area contributed by atoms with Crippen LogP contribution in [0, 0.1) is 11.6 Å². The number of urea groups is 1. The summed E-state index contributed by atoms with van der Waals surface area (Å²) in [7, 11) is 0. The average Bonchev–Trinajstić information content (AvgIpc) is 2.34. The van der Waals surface area contributed by atoms with Crippen LogP contribution in [0.1, 0.15) is 24.8 Å². The third kappa shape index (κ3) is 2.60. The Morgan fingerprint density at radius 3 is 2.61 bits per heavy atom. The van der Waals surface area contributed by atoms with Crippen LogP contribution >= 0.6 is 0 Å². The number of carbonyl (C=O) groups is 1. The SMILES string of the molecule is NC(=O)N1CCCCC1Cc1c(F)cccc1F. The zero-order valence-corrected chi connectivity index (χ0v) is 10.0. The topological polar surface area (TPSA) is 46.3 Å². The van der Waals surface area contributed by atoms with Crippen LogP contribution in [-0.4, -0.2) is 23.5 Å². The van der Waals surface area contributed by atoms with Gasteiger partial charge in [0.2, 0.25) is 0 Å². The lowest BCUT2D eigenvalue weighted by Gasteiger charge is -2.34. The quantitative estimate of drug-likeness (QED) is 0.865. The van der Waals surface area contributed by atoms with Gasteiger partial charge in [-0.2, -0.15) is 0 Å². The van der Waals surface area contributed by atoms with Crippen LogP contribution in [0.2, 0.25) is 0 Å². The number of piperidine rings is 1. The van der Waals surface area contributed by atoms with Crippen molar-refractivity contribution in [3.05, 3.63) is 35.4 Å². The molecule has 1 fully saturated rings. The first-order valence-electron chi connectivity index (χ1n) is 6.08. The minimum Gasteiger partial charge on any atom is -0.351 e. The summed E-state index contributed by atoms with van der Waals surface area (Å²) in [5, 5.41) is 0. The summed E-state index contributed by atoms with van der Waals surface area (Å²) in [4.78, 5) is 12.8. The highest BCUT2D eigenvalue weighted by Crippen LogP contribution is 2.23. The van der Waals surface area contributed by atoms with Crippen LogP contribution in [0.5, 0.6) is 0 Å². The lowest BCUT2D eigenvalue weighted by atomic mass is 9.95. The minimum absolute atomic E-state index is 0.0376. The van der Waals surface area contributed by atoms with Crippen molar-refractivity contribution in [2.24, 2.45) is 5.73 Å². The van der Waals surface area contributed by atoms with E-state index in [0.717, 1.165) is 19.3 Å². The molecule has 1 unspecified atom stereocenters. The van der Waals surface area contributed by atoms with Gasteiger partial charge >= 0.3 is 6.03 Å². The first-order valence-corrected chi connectivity index (χ1v) is 6.08. The molecular formula is C13H16F2N2O. The Morgan fingerprint density at radius 2 is 2.00 bits per heavy atom. The Balaban J connectivity index is 2.18. The highest BCUT2D eigenvalue weighted by Gasteiger charge is 2.27. The number of halogens is 2. The molecule has 2 amide bonds. The fraction of sp³-hybridized carbons (Fsp3) is 0.462. The van der Waals surface area contributed by atoms with Gasteiger partial charge in [0.1, 0.15) is 11.6 Å². The number of amides is 2. The zero-order valence-electron chi connectivity index (χ0n) is 10.0. The summed E-state index contributed by atoms with van der Waals surface area (Å²) >= 11 is 0. The summed E-state index contributed by atoms with van der Waals surface area (Å²) in [6, 6.07) is 3.08. The van der Waals surface area contributed by atoms with Crippen molar-refractivity contribution >= 4 is 6.03 Å². The monoisotopic (exact) mass is 254 g/mol. The van der Waals surface area contributed by atoms with Gasteiger partial charge in [0.15, 0.2) is 0 Å². The van der Waals surface area contributed by atoms with Crippen LogP contribution in [-0.2, 0) is 6.42 Å². The van der Waals surface area contributed by atoms with Gasteiger partial charge in [-0.1, -0.05) is 6.07 Å². The maximum absolute atomic E-state index is 13.6. The number of nitrogens with two attached hydrogens (primary N) is 1. The smallest absolute Gasteiger partial charge is 0.315 e. The zero-order chi connectivity index (χ0) is 13.1. The number of nitrogens with zero attached hydrogens (tertiary/aromatic N) is 1. The number of hydrogen-bond donors (Lipinski definition) is 1. The predicted octanol–water partition coefficient (Wildman–Crippen LogP) is 2.44. The van der Waals surface area contributed by atoms with E-state index in [1.165, 1.54) is 23.1 Å². The van der Waals surface area contributed by atoms with E-state index in [2.05, 4.69) is 0 Å². The standard InChI is InChI=1S/C13H16F2N2O/c14-11-5-3-6-12(15)10(11)8-9-4-1-2-7-17(9)13(16)18/h3,5-6,9H,1-2,4,7-8H2,(H2,16,18). The fourth-order valence-electron chi connectivity index (χ4n) is 2.47. The summed E-state index contributed by atoms with van der Waals surface area (Å²) < 4.78 is 27.1. The Kier molecular flexibility index (Phi) is 3.79. The fourth-order valence-corrected chi connectivity index (χ4v) is 2.47. The van der Waals surface area contributed by atoms with E-state index in [-0.39, 0.29) is 18.0 Å². The highest BCUT2D eigenvalue weighted by atomic mass is 19.1. The minimum atomic E-state index is -0.565. The van der Waals surface area contributed by atoms with Crippen molar-refractivity contribution in [3.8, 4) is 0 Å². The molecule has 1 aromatic carbocycles. The summed E-state index contributed by atoms with van der Waals surface area (Å²) in [5.41, 5.74) is 5.32. The Hall–Kier alpha value is -1.65. The third-order valence-electron chi connectivity index (χ3n) is 3.41. The van der Waals surface area contributed by atoms with E-state index in [1.807, 2.05) is 0 Å². The number of likely N-dealkylation sites (tertiary alicyclic amines) is 1. The molecule has 0 aromatic heterocycles. The molecule has 0 radical (unpaired) electrons. The molecule has 0 spiro atoms. The molecule has 1 atom stereocenters. The molecule has 98 valence electrons. The summed E-state index contributed by atoms with van der Waals surface area (Å²) in [6.45, 7) is 0.566. The van der Waals surface area contributed by atoms with Gasteiger partial charge in [0, 0.05) is 18.2 Å². The van der Waals surface area contributed by atoms with Crippen molar-refractivity contribution in [1.29, 1.82) is 0 Å². The van der Waals surface area contributed by atoms with Gasteiger partial charge in [-0.3, -0.25) is 0 Å². The van der Waals surface area contributed by atoms with Gasteiger partial charge in [-0.25, -0.2) is 13.6 Å². The van der Waals surface area contributed by atoms with Gasteiger partial charge in [-0.05, 0) is 37.8 Å². The summed E-state index contributed by atoms with van der Waals surface area (Å²) in [6.07, 6.45) is 2.75. The molecule has 1 aliphatic rings. The molecule has 1 aliphatic heterocycles. The normalized spacial score (nSPS) is 19.9. The number of primary amides is 1. The molecule has 1 heterocycles. The van der Waals surface area contributed by atoms with E-state index in [4.69, 9.17) is 5.73 Å². The van der Waals surface area contributed by atoms with E-state index < -0.39 is 17.7 Å².